The summed E-state index contributed by atoms with van der Waals surface area (Å²) in [6.45, 7) is 1.60. The van der Waals surface area contributed by atoms with Crippen molar-refractivity contribution in [2.45, 2.75) is 13.5 Å². The number of nitro benzene ring substituents is 1. The maximum atomic E-state index is 12.6. The van der Waals surface area contributed by atoms with Gasteiger partial charge in [-0.15, -0.1) is 0 Å². The van der Waals surface area contributed by atoms with Crippen LogP contribution in [0.3, 0.4) is 0 Å². The van der Waals surface area contributed by atoms with Gasteiger partial charge in [-0.25, -0.2) is 4.79 Å². The van der Waals surface area contributed by atoms with Gasteiger partial charge in [0.15, 0.2) is 5.75 Å². The Hall–Kier alpha value is -3.72. The van der Waals surface area contributed by atoms with Crippen molar-refractivity contribution in [3.05, 3.63) is 91.3 Å². The molecule has 0 amide bonds. The van der Waals surface area contributed by atoms with Gasteiger partial charge < -0.3 is 9.47 Å². The molecule has 0 atom stereocenters. The number of non-ortho nitro benzene ring substituents is 1. The van der Waals surface area contributed by atoms with E-state index in [2.05, 4.69) is 5.10 Å². The molecule has 0 spiro atoms. The topological polar surface area (TPSA) is 114 Å². The van der Waals surface area contributed by atoms with Crippen LogP contribution in [0.25, 0.3) is 5.69 Å². The highest BCUT2D eigenvalue weighted by atomic mass is 35.5. The summed E-state index contributed by atoms with van der Waals surface area (Å²) in [7, 11) is 0. The third-order valence-corrected chi connectivity index (χ3v) is 4.28. The van der Waals surface area contributed by atoms with E-state index in [9.17, 15) is 19.7 Å². The average molecular weight is 430 g/mol. The van der Waals surface area contributed by atoms with Crippen LogP contribution in [0, 0.1) is 10.1 Å². The number of carbonyl (C=O) groups is 1. The molecule has 0 fully saturated rings. The number of nitrogens with zero attached hydrogens (tertiary/aromatic N) is 3. The van der Waals surface area contributed by atoms with Crippen molar-refractivity contribution in [1.82, 2.24) is 9.78 Å². The summed E-state index contributed by atoms with van der Waals surface area (Å²) in [5, 5.41) is 15.3. The zero-order valence-electron chi connectivity index (χ0n) is 15.8. The van der Waals surface area contributed by atoms with Gasteiger partial charge in [-0.3, -0.25) is 14.9 Å². The lowest BCUT2D eigenvalue weighted by molar-refractivity contribution is -0.384. The molecule has 1 heterocycles. The van der Waals surface area contributed by atoms with Crippen LogP contribution in [0.15, 0.2) is 59.4 Å². The molecule has 0 saturated heterocycles. The predicted octanol–water partition coefficient (Wildman–Crippen LogP) is 3.55. The lowest BCUT2D eigenvalue weighted by Gasteiger charge is -2.13. The summed E-state index contributed by atoms with van der Waals surface area (Å²) in [6.07, 6.45) is 0. The third-order valence-electron chi connectivity index (χ3n) is 3.96. The fourth-order valence-electron chi connectivity index (χ4n) is 2.61. The molecule has 0 aliphatic rings. The van der Waals surface area contributed by atoms with E-state index in [1.165, 1.54) is 18.2 Å². The summed E-state index contributed by atoms with van der Waals surface area (Å²) in [5.74, 6) is -0.888. The molecule has 0 aliphatic carbocycles. The normalized spacial score (nSPS) is 10.5. The first kappa shape index (κ1) is 21.0. The van der Waals surface area contributed by atoms with Gasteiger partial charge in [0.2, 0.25) is 5.69 Å². The van der Waals surface area contributed by atoms with Gasteiger partial charge in [-0.05, 0) is 24.6 Å². The second-order valence-corrected chi connectivity index (χ2v) is 6.40. The first-order chi connectivity index (χ1) is 14.4. The highest BCUT2D eigenvalue weighted by Gasteiger charge is 2.21. The smallest absolute Gasteiger partial charge is 0.362 e. The number of para-hydroxylation sites is 1. The molecule has 3 rings (SSSR count). The molecule has 0 radical (unpaired) electrons. The van der Waals surface area contributed by atoms with Crippen LogP contribution < -0.4 is 10.3 Å². The van der Waals surface area contributed by atoms with Crippen LogP contribution in [-0.2, 0) is 11.3 Å². The van der Waals surface area contributed by atoms with E-state index in [1.54, 1.807) is 37.3 Å². The van der Waals surface area contributed by atoms with Crippen molar-refractivity contribution in [1.29, 1.82) is 0 Å². The number of halogens is 1. The van der Waals surface area contributed by atoms with Gasteiger partial charge in [0.05, 0.1) is 28.3 Å². The van der Waals surface area contributed by atoms with Crippen molar-refractivity contribution in [3.8, 4) is 11.4 Å². The molecule has 0 bridgehead atoms. The first-order valence-electron chi connectivity index (χ1n) is 8.83. The van der Waals surface area contributed by atoms with Gasteiger partial charge in [-0.1, -0.05) is 35.9 Å². The summed E-state index contributed by atoms with van der Waals surface area (Å²) in [6, 6.07) is 13.4. The van der Waals surface area contributed by atoms with E-state index < -0.39 is 16.5 Å². The van der Waals surface area contributed by atoms with Crippen molar-refractivity contribution >= 4 is 23.3 Å². The van der Waals surface area contributed by atoms with Crippen LogP contribution in [0.5, 0.6) is 5.75 Å². The van der Waals surface area contributed by atoms with Crippen LogP contribution in [0.1, 0.15) is 23.0 Å². The fourth-order valence-corrected chi connectivity index (χ4v) is 2.82. The summed E-state index contributed by atoms with van der Waals surface area (Å²) >= 11 is 6.14. The van der Waals surface area contributed by atoms with Gasteiger partial charge in [0.1, 0.15) is 6.61 Å². The summed E-state index contributed by atoms with van der Waals surface area (Å²) in [5.41, 5.74) is -0.129. The number of hydrogen-bond donors (Lipinski definition) is 0. The molecule has 30 heavy (non-hydrogen) atoms. The van der Waals surface area contributed by atoms with Gasteiger partial charge >= 0.3 is 5.97 Å². The van der Waals surface area contributed by atoms with Crippen LogP contribution in [-0.4, -0.2) is 27.3 Å². The van der Waals surface area contributed by atoms with Crippen LogP contribution in [0.4, 0.5) is 5.69 Å². The Morgan fingerprint density at radius 1 is 1.20 bits per heavy atom. The minimum atomic E-state index is -0.785. The molecule has 0 saturated carbocycles. The molecule has 0 N–H and O–H groups in total. The molecule has 1 aromatic heterocycles. The maximum Gasteiger partial charge on any atom is 0.362 e. The monoisotopic (exact) mass is 429 g/mol. The molecule has 3 aromatic rings. The van der Waals surface area contributed by atoms with E-state index in [1.807, 2.05) is 0 Å². The number of benzene rings is 2. The van der Waals surface area contributed by atoms with Crippen molar-refractivity contribution in [2.24, 2.45) is 0 Å². The standard InChI is InChI=1S/C20H16ClN3O6/c1-2-29-20(26)19-17(30-12-13-6-5-7-14(10-13)24(27)28)11-18(25)23(22-19)16-9-4-3-8-15(16)21/h3-11H,2,12H2,1H3. The van der Waals surface area contributed by atoms with E-state index >= 15 is 0 Å². The minimum Gasteiger partial charge on any atom is -0.486 e. The average Bonchev–Trinajstić information content (AvgIpc) is 2.73. The van der Waals surface area contributed by atoms with E-state index in [4.69, 9.17) is 21.1 Å². The maximum absolute atomic E-state index is 12.6. The molecule has 9 nitrogen and oxygen atoms in total. The predicted molar refractivity (Wildman–Crippen MR) is 108 cm³/mol. The largest absolute Gasteiger partial charge is 0.486 e. The molecule has 0 unspecified atom stereocenters. The Morgan fingerprint density at radius 2 is 1.97 bits per heavy atom. The number of esters is 1. The fraction of sp³-hybridized carbons (Fsp3) is 0.150. The first-order valence-corrected chi connectivity index (χ1v) is 9.21. The number of aromatic nitrogens is 2. The number of carbonyl (C=O) groups excluding carboxylic acids is 1. The molecular formula is C20H16ClN3O6. The van der Waals surface area contributed by atoms with Crippen LogP contribution >= 0.6 is 11.6 Å². The molecule has 10 heteroatoms. The van der Waals surface area contributed by atoms with E-state index in [-0.39, 0.29) is 35.4 Å². The lowest BCUT2D eigenvalue weighted by Crippen LogP contribution is -2.25. The molecule has 154 valence electrons. The SMILES string of the molecule is CCOC(=O)c1nn(-c2ccccc2Cl)c(=O)cc1OCc1cccc([N+](=O)[O-])c1. The minimum absolute atomic E-state index is 0.0933. The Labute approximate surface area is 175 Å². The van der Waals surface area contributed by atoms with Crippen LogP contribution in [0.2, 0.25) is 5.02 Å². The number of rotatable bonds is 7. The molecule has 2 aromatic carbocycles. The second kappa shape index (κ2) is 9.19. The van der Waals surface area contributed by atoms with Crippen molar-refractivity contribution < 1.29 is 19.2 Å². The van der Waals surface area contributed by atoms with Crippen molar-refractivity contribution in [3.63, 3.8) is 0 Å². The molecule has 0 aliphatic heterocycles. The summed E-state index contributed by atoms with van der Waals surface area (Å²) in [4.78, 5) is 35.4. The highest BCUT2D eigenvalue weighted by molar-refractivity contribution is 6.32. The van der Waals surface area contributed by atoms with Gasteiger partial charge in [-0.2, -0.15) is 9.78 Å². The lowest BCUT2D eigenvalue weighted by atomic mass is 10.2. The highest BCUT2D eigenvalue weighted by Crippen LogP contribution is 2.22. The number of ether oxygens (including phenoxy) is 2. The van der Waals surface area contributed by atoms with Crippen molar-refractivity contribution in [2.75, 3.05) is 6.61 Å². The quantitative estimate of drug-likeness (QED) is 0.320. The zero-order chi connectivity index (χ0) is 21.7. The van der Waals surface area contributed by atoms with E-state index in [0.29, 0.717) is 11.3 Å². The van der Waals surface area contributed by atoms with E-state index in [0.717, 1.165) is 10.7 Å². The third kappa shape index (κ3) is 4.64. The second-order valence-electron chi connectivity index (χ2n) is 5.99. The number of hydrogen-bond acceptors (Lipinski definition) is 7. The Kier molecular flexibility index (Phi) is 6.43. The Bertz CT molecular complexity index is 1160. The Balaban J connectivity index is 1.99. The zero-order valence-corrected chi connectivity index (χ0v) is 16.5. The van der Waals surface area contributed by atoms with Gasteiger partial charge in [0.25, 0.3) is 11.2 Å². The molecular weight excluding hydrogens is 414 g/mol. The van der Waals surface area contributed by atoms with Gasteiger partial charge in [0, 0.05) is 12.1 Å². The summed E-state index contributed by atoms with van der Waals surface area (Å²) < 4.78 is 11.6. The number of nitro groups is 1. The Morgan fingerprint density at radius 3 is 2.67 bits per heavy atom.